The lowest BCUT2D eigenvalue weighted by Crippen LogP contribution is -2.19. The summed E-state index contributed by atoms with van der Waals surface area (Å²) in [7, 11) is 3.52. The van der Waals surface area contributed by atoms with Crippen molar-refractivity contribution in [3.05, 3.63) is 81.9 Å². The minimum atomic E-state index is -0.123. The third-order valence-electron chi connectivity index (χ3n) is 8.92. The first-order valence-electron chi connectivity index (χ1n) is 16.5. The Bertz CT molecular complexity index is 1620. The molecule has 0 bridgehead atoms. The van der Waals surface area contributed by atoms with Gasteiger partial charge >= 0.3 is 0 Å². The molecular formula is C42H56N2O2. The van der Waals surface area contributed by atoms with E-state index in [4.69, 9.17) is 19.4 Å². The zero-order chi connectivity index (χ0) is 34.6. The number of benzene rings is 2. The highest BCUT2D eigenvalue weighted by Crippen LogP contribution is 2.45. The SMILES string of the molecule is COc1cc(C(C)(C)C)cc(C(C)(C)C)c1-c1nc(-c2ccc(C)c(-c3c(OC)cc(C(C)(C)C)cc3C(C)(C)C)n2)ccc1C. The molecule has 0 aliphatic heterocycles. The van der Waals surface area contributed by atoms with E-state index in [0.717, 1.165) is 56.5 Å². The maximum absolute atomic E-state index is 6.10. The van der Waals surface area contributed by atoms with Gasteiger partial charge in [-0.05, 0) is 93.2 Å². The fourth-order valence-electron chi connectivity index (χ4n) is 5.94. The van der Waals surface area contributed by atoms with Gasteiger partial charge in [0.15, 0.2) is 0 Å². The number of pyridine rings is 2. The molecule has 4 heteroatoms. The Morgan fingerprint density at radius 1 is 0.457 bits per heavy atom. The van der Waals surface area contributed by atoms with Gasteiger partial charge in [-0.1, -0.05) is 107 Å². The molecule has 0 aliphatic rings. The van der Waals surface area contributed by atoms with Crippen molar-refractivity contribution in [3.8, 4) is 45.4 Å². The van der Waals surface area contributed by atoms with Gasteiger partial charge in [0.2, 0.25) is 0 Å². The van der Waals surface area contributed by atoms with Gasteiger partial charge < -0.3 is 9.47 Å². The van der Waals surface area contributed by atoms with E-state index in [-0.39, 0.29) is 21.7 Å². The molecule has 0 aliphatic carbocycles. The number of hydrogen-bond donors (Lipinski definition) is 0. The Labute approximate surface area is 279 Å². The van der Waals surface area contributed by atoms with E-state index in [1.54, 1.807) is 14.2 Å². The summed E-state index contributed by atoms with van der Waals surface area (Å²) >= 11 is 0. The highest BCUT2D eigenvalue weighted by Gasteiger charge is 2.30. The first-order chi connectivity index (χ1) is 21.1. The molecule has 4 nitrogen and oxygen atoms in total. The molecule has 46 heavy (non-hydrogen) atoms. The fraction of sp³-hybridized carbons (Fsp3) is 0.476. The molecular weight excluding hydrogens is 564 g/mol. The highest BCUT2D eigenvalue weighted by molar-refractivity contribution is 5.80. The molecule has 0 atom stereocenters. The highest BCUT2D eigenvalue weighted by atomic mass is 16.5. The molecule has 4 aromatic rings. The van der Waals surface area contributed by atoms with Crippen LogP contribution in [-0.4, -0.2) is 24.2 Å². The van der Waals surface area contributed by atoms with Gasteiger partial charge in [0, 0.05) is 11.1 Å². The maximum atomic E-state index is 6.10. The molecule has 0 unspecified atom stereocenters. The smallest absolute Gasteiger partial charge is 0.128 e. The van der Waals surface area contributed by atoms with Crippen LogP contribution in [0.25, 0.3) is 33.9 Å². The summed E-state index contributed by atoms with van der Waals surface area (Å²) in [6.45, 7) is 31.3. The zero-order valence-electron chi connectivity index (χ0n) is 31.3. The minimum Gasteiger partial charge on any atom is -0.496 e. The molecule has 2 aromatic carbocycles. The second-order valence-corrected chi connectivity index (χ2v) is 16.9. The molecule has 0 saturated carbocycles. The Morgan fingerprint density at radius 2 is 0.783 bits per heavy atom. The third-order valence-corrected chi connectivity index (χ3v) is 8.92. The standard InChI is InChI=1S/C42H56N2O2/c1-25-17-19-31(43-37(25)35-29(41(9,10)11)21-27(39(3,4)5)23-33(35)45-15)32-20-18-26(2)38(44-32)36-30(42(12,13)14)22-28(40(6,7)8)24-34(36)46-16/h17-24H,1-16H3. The van der Waals surface area contributed by atoms with Gasteiger partial charge in [0.05, 0.1) is 37.0 Å². The number of ether oxygens (including phenoxy) is 2. The van der Waals surface area contributed by atoms with E-state index in [0.29, 0.717) is 0 Å². The van der Waals surface area contributed by atoms with E-state index < -0.39 is 0 Å². The lowest BCUT2D eigenvalue weighted by Gasteiger charge is -2.30. The van der Waals surface area contributed by atoms with Gasteiger partial charge in [-0.2, -0.15) is 0 Å². The number of methoxy groups -OCH3 is 2. The molecule has 0 spiro atoms. The van der Waals surface area contributed by atoms with E-state index in [1.165, 1.54) is 22.3 Å². The van der Waals surface area contributed by atoms with Crippen LogP contribution in [0.2, 0.25) is 0 Å². The normalized spacial score (nSPS) is 12.8. The van der Waals surface area contributed by atoms with Crippen molar-refractivity contribution in [3.63, 3.8) is 0 Å². The number of rotatable bonds is 5. The summed E-state index contributed by atoms with van der Waals surface area (Å²) < 4.78 is 12.2. The maximum Gasteiger partial charge on any atom is 0.128 e. The monoisotopic (exact) mass is 620 g/mol. The zero-order valence-corrected chi connectivity index (χ0v) is 31.3. The van der Waals surface area contributed by atoms with Crippen LogP contribution in [0.1, 0.15) is 116 Å². The Kier molecular flexibility index (Phi) is 9.31. The third kappa shape index (κ3) is 7.01. The first-order valence-corrected chi connectivity index (χ1v) is 16.5. The van der Waals surface area contributed by atoms with Crippen molar-refractivity contribution in [2.24, 2.45) is 0 Å². The predicted octanol–water partition coefficient (Wildman–Crippen LogP) is 11.3. The summed E-state index contributed by atoms with van der Waals surface area (Å²) in [6.07, 6.45) is 0. The fourth-order valence-corrected chi connectivity index (χ4v) is 5.94. The average Bonchev–Trinajstić information content (AvgIpc) is 2.94. The molecule has 246 valence electrons. The Hall–Kier alpha value is -3.66. The Morgan fingerprint density at radius 3 is 1.04 bits per heavy atom. The van der Waals surface area contributed by atoms with Gasteiger partial charge in [0.25, 0.3) is 0 Å². The van der Waals surface area contributed by atoms with Crippen molar-refractivity contribution in [2.75, 3.05) is 14.2 Å². The molecule has 0 radical (unpaired) electrons. The Balaban J connectivity index is 2.00. The summed E-state index contributed by atoms with van der Waals surface area (Å²) in [5.74, 6) is 1.70. The van der Waals surface area contributed by atoms with E-state index in [2.05, 4.69) is 145 Å². The molecule has 0 fully saturated rings. The van der Waals surface area contributed by atoms with Crippen LogP contribution in [0.5, 0.6) is 11.5 Å². The van der Waals surface area contributed by atoms with Crippen LogP contribution in [0.15, 0.2) is 48.5 Å². The van der Waals surface area contributed by atoms with Crippen LogP contribution in [0.3, 0.4) is 0 Å². The van der Waals surface area contributed by atoms with E-state index >= 15 is 0 Å². The molecule has 4 rings (SSSR count). The second-order valence-electron chi connectivity index (χ2n) is 16.9. The predicted molar refractivity (Wildman–Crippen MR) is 196 cm³/mol. The first kappa shape index (κ1) is 35.2. The van der Waals surface area contributed by atoms with Crippen LogP contribution >= 0.6 is 0 Å². The lowest BCUT2D eigenvalue weighted by atomic mass is 9.77. The number of hydrogen-bond acceptors (Lipinski definition) is 4. The van der Waals surface area contributed by atoms with Gasteiger partial charge in [0.1, 0.15) is 11.5 Å². The topological polar surface area (TPSA) is 44.2 Å². The number of aromatic nitrogens is 2. The van der Waals surface area contributed by atoms with Crippen molar-refractivity contribution in [1.82, 2.24) is 9.97 Å². The van der Waals surface area contributed by atoms with Crippen molar-refractivity contribution >= 4 is 0 Å². The second kappa shape index (κ2) is 12.2. The molecule has 0 amide bonds. The average molecular weight is 621 g/mol. The quantitative estimate of drug-likeness (QED) is 0.223. The largest absolute Gasteiger partial charge is 0.496 e. The summed E-state index contributed by atoms with van der Waals surface area (Å²) in [4.78, 5) is 10.7. The van der Waals surface area contributed by atoms with E-state index in [1.807, 2.05) is 0 Å². The number of nitrogens with zero attached hydrogens (tertiary/aromatic N) is 2. The van der Waals surface area contributed by atoms with Crippen molar-refractivity contribution in [1.29, 1.82) is 0 Å². The molecule has 0 N–H and O–H groups in total. The van der Waals surface area contributed by atoms with Gasteiger partial charge in [-0.25, -0.2) is 9.97 Å². The summed E-state index contributed by atoms with van der Waals surface area (Å²) in [5, 5.41) is 0. The molecule has 2 heterocycles. The number of aryl methyl sites for hydroxylation is 2. The van der Waals surface area contributed by atoms with Crippen LogP contribution < -0.4 is 9.47 Å². The minimum absolute atomic E-state index is 0.0175. The summed E-state index contributed by atoms with van der Waals surface area (Å²) in [5.41, 5.74) is 12.4. The van der Waals surface area contributed by atoms with Crippen LogP contribution in [0, 0.1) is 13.8 Å². The van der Waals surface area contributed by atoms with Crippen molar-refractivity contribution in [2.45, 2.75) is 119 Å². The summed E-state index contributed by atoms with van der Waals surface area (Å²) in [6, 6.07) is 17.5. The van der Waals surface area contributed by atoms with E-state index in [9.17, 15) is 0 Å². The van der Waals surface area contributed by atoms with Crippen LogP contribution in [0.4, 0.5) is 0 Å². The van der Waals surface area contributed by atoms with Crippen LogP contribution in [-0.2, 0) is 21.7 Å². The molecule has 0 saturated heterocycles. The van der Waals surface area contributed by atoms with Gasteiger partial charge in [-0.15, -0.1) is 0 Å². The van der Waals surface area contributed by atoms with Crippen molar-refractivity contribution < 1.29 is 9.47 Å². The lowest BCUT2D eigenvalue weighted by molar-refractivity contribution is 0.412. The molecule has 2 aromatic heterocycles. The van der Waals surface area contributed by atoms with Gasteiger partial charge in [-0.3, -0.25) is 0 Å².